The summed E-state index contributed by atoms with van der Waals surface area (Å²) in [5.74, 6) is 0.479. The summed E-state index contributed by atoms with van der Waals surface area (Å²) in [6.07, 6.45) is 0.911. The minimum atomic E-state index is -0.569. The third-order valence-electron chi connectivity index (χ3n) is 6.70. The fraction of sp³-hybridized carbons (Fsp3) is 0.379. The third-order valence-corrected chi connectivity index (χ3v) is 6.70. The first-order valence-corrected chi connectivity index (χ1v) is 12.2. The first-order chi connectivity index (χ1) is 17.2. The van der Waals surface area contributed by atoms with Gasteiger partial charge >= 0.3 is 5.97 Å². The summed E-state index contributed by atoms with van der Waals surface area (Å²) in [6, 6.07) is 12.4. The van der Waals surface area contributed by atoms with Gasteiger partial charge in [0, 0.05) is 29.3 Å². The van der Waals surface area contributed by atoms with Crippen LogP contribution < -0.4 is 14.8 Å². The first kappa shape index (κ1) is 25.4. The Kier molecular flexibility index (Phi) is 7.38. The number of dihydropyridines is 1. The number of aromatic hydroxyl groups is 1. The minimum absolute atomic E-state index is 0.0248. The van der Waals surface area contributed by atoms with E-state index in [9.17, 15) is 14.7 Å². The number of ketones is 1. The highest BCUT2D eigenvalue weighted by atomic mass is 16.5. The lowest BCUT2D eigenvalue weighted by Crippen LogP contribution is -2.36. The average molecular weight is 492 g/mol. The molecule has 2 N–H and O–H groups in total. The Morgan fingerprint density at radius 2 is 1.69 bits per heavy atom. The van der Waals surface area contributed by atoms with Gasteiger partial charge in [-0.1, -0.05) is 32.0 Å². The van der Waals surface area contributed by atoms with Gasteiger partial charge in [0.15, 0.2) is 17.3 Å². The number of carbonyl (C=O) groups is 2. The number of ether oxygens (including phenoxy) is 3. The van der Waals surface area contributed by atoms with E-state index in [2.05, 4.69) is 5.32 Å². The van der Waals surface area contributed by atoms with Gasteiger partial charge in [0.1, 0.15) is 5.75 Å². The number of phenolic OH excluding ortho intramolecular Hbond substituents is 1. The van der Waals surface area contributed by atoms with Crippen LogP contribution in [0.3, 0.4) is 0 Å². The highest BCUT2D eigenvalue weighted by Gasteiger charge is 2.41. The molecule has 2 atom stereocenters. The second-order valence-corrected chi connectivity index (χ2v) is 9.72. The summed E-state index contributed by atoms with van der Waals surface area (Å²) in [5.41, 5.74) is 4.23. The number of carbonyl (C=O) groups excluding carboxylic acids is 2. The lowest BCUT2D eigenvalue weighted by molar-refractivity contribution is -0.140. The number of methoxy groups -OCH3 is 2. The van der Waals surface area contributed by atoms with Crippen LogP contribution in [0.4, 0.5) is 0 Å². The molecule has 7 heteroatoms. The number of esters is 1. The van der Waals surface area contributed by atoms with Gasteiger partial charge in [0.2, 0.25) is 0 Å². The molecule has 7 nitrogen and oxygen atoms in total. The van der Waals surface area contributed by atoms with E-state index in [-0.39, 0.29) is 23.4 Å². The monoisotopic (exact) mass is 491 g/mol. The summed E-state index contributed by atoms with van der Waals surface area (Å²) in [7, 11) is 3.18. The molecule has 0 fully saturated rings. The zero-order chi connectivity index (χ0) is 26.0. The third kappa shape index (κ3) is 4.96. The van der Waals surface area contributed by atoms with Gasteiger partial charge in [-0.15, -0.1) is 0 Å². The summed E-state index contributed by atoms with van der Waals surface area (Å²) < 4.78 is 16.4. The summed E-state index contributed by atoms with van der Waals surface area (Å²) in [5, 5.41) is 13.2. The van der Waals surface area contributed by atoms with Crippen LogP contribution in [-0.4, -0.2) is 37.7 Å². The molecule has 2 unspecified atom stereocenters. The molecule has 0 radical (unpaired) electrons. The predicted molar refractivity (Wildman–Crippen MR) is 136 cm³/mol. The molecule has 36 heavy (non-hydrogen) atoms. The second-order valence-electron chi connectivity index (χ2n) is 9.72. The second kappa shape index (κ2) is 10.5. The number of nitrogens with one attached hydrogen (secondary N) is 1. The number of Topliss-reactive ketones (excluding diaryl/α,β-unsaturated/α-hetero) is 1. The van der Waals surface area contributed by atoms with Crippen LogP contribution in [0.5, 0.6) is 17.2 Å². The Labute approximate surface area is 211 Å². The van der Waals surface area contributed by atoms with Crippen LogP contribution >= 0.6 is 0 Å². The predicted octanol–water partition coefficient (Wildman–Crippen LogP) is 4.97. The number of phenols is 1. The summed E-state index contributed by atoms with van der Waals surface area (Å²) in [6.45, 7) is 6.09. The van der Waals surface area contributed by atoms with Gasteiger partial charge in [-0.25, -0.2) is 4.79 Å². The van der Waals surface area contributed by atoms with E-state index in [1.165, 1.54) is 0 Å². The van der Waals surface area contributed by atoms with Crippen molar-refractivity contribution >= 4 is 11.8 Å². The zero-order valence-corrected chi connectivity index (χ0v) is 21.4. The van der Waals surface area contributed by atoms with Crippen LogP contribution in [-0.2, 0) is 14.3 Å². The fourth-order valence-corrected chi connectivity index (χ4v) is 4.97. The van der Waals surface area contributed by atoms with Crippen molar-refractivity contribution in [3.8, 4) is 17.2 Å². The summed E-state index contributed by atoms with van der Waals surface area (Å²) >= 11 is 0. The van der Waals surface area contributed by atoms with E-state index in [0.717, 1.165) is 16.8 Å². The van der Waals surface area contributed by atoms with Gasteiger partial charge in [-0.2, -0.15) is 0 Å². The molecule has 1 aliphatic carbocycles. The molecular weight excluding hydrogens is 458 g/mol. The van der Waals surface area contributed by atoms with Crippen LogP contribution in [0.25, 0.3) is 0 Å². The van der Waals surface area contributed by atoms with Crippen molar-refractivity contribution in [3.63, 3.8) is 0 Å². The van der Waals surface area contributed by atoms with E-state index >= 15 is 0 Å². The number of allylic oxidation sites excluding steroid dienone is 3. The van der Waals surface area contributed by atoms with E-state index in [1.807, 2.05) is 39.0 Å². The molecule has 2 aromatic rings. The van der Waals surface area contributed by atoms with Gasteiger partial charge in [-0.05, 0) is 60.6 Å². The molecule has 0 bridgehead atoms. The zero-order valence-electron chi connectivity index (χ0n) is 21.4. The maximum Gasteiger partial charge on any atom is 0.336 e. The lowest BCUT2D eigenvalue weighted by Gasteiger charge is -2.37. The molecule has 0 spiro atoms. The number of benzene rings is 2. The van der Waals surface area contributed by atoms with Crippen molar-refractivity contribution in [2.24, 2.45) is 5.92 Å². The maximum absolute atomic E-state index is 13.7. The van der Waals surface area contributed by atoms with Crippen LogP contribution in [0.15, 0.2) is 65.0 Å². The van der Waals surface area contributed by atoms with Crippen LogP contribution in [0.2, 0.25) is 0 Å². The number of hydrogen-bond donors (Lipinski definition) is 2. The van der Waals surface area contributed by atoms with E-state index in [4.69, 9.17) is 14.2 Å². The molecule has 0 amide bonds. The molecule has 0 saturated carbocycles. The lowest BCUT2D eigenvalue weighted by atomic mass is 9.71. The van der Waals surface area contributed by atoms with Crippen molar-refractivity contribution in [1.29, 1.82) is 0 Å². The normalized spacial score (nSPS) is 19.7. The van der Waals surface area contributed by atoms with E-state index < -0.39 is 11.9 Å². The quantitative estimate of drug-likeness (QED) is 0.528. The largest absolute Gasteiger partial charge is 0.508 e. The van der Waals surface area contributed by atoms with Crippen molar-refractivity contribution in [2.45, 2.75) is 45.4 Å². The number of hydrogen-bond acceptors (Lipinski definition) is 7. The molecule has 4 rings (SSSR count). The standard InChI is InChI=1S/C29H33NO6/c1-16(2)15-36-29(33)26-17(3)30-22-12-20(19-8-11-24(34-4)25(14-19)35-5)13-23(32)28(22)27(26)18-6-9-21(31)10-7-18/h6-11,14,16,20,27,30-31H,12-13,15H2,1-5H3. The molecule has 1 aliphatic heterocycles. The van der Waals surface area contributed by atoms with Crippen molar-refractivity contribution in [1.82, 2.24) is 5.32 Å². The molecule has 190 valence electrons. The van der Waals surface area contributed by atoms with Crippen LogP contribution in [0, 0.1) is 5.92 Å². The van der Waals surface area contributed by atoms with Gasteiger partial charge in [0.05, 0.1) is 26.4 Å². The van der Waals surface area contributed by atoms with E-state index in [1.54, 1.807) is 38.5 Å². The number of rotatable bonds is 7. The molecule has 0 saturated heterocycles. The van der Waals surface area contributed by atoms with Crippen molar-refractivity contribution in [2.75, 3.05) is 20.8 Å². The molecular formula is C29H33NO6. The van der Waals surface area contributed by atoms with Gasteiger partial charge in [-0.3, -0.25) is 4.79 Å². The Hall–Kier alpha value is -3.74. The van der Waals surface area contributed by atoms with Gasteiger partial charge < -0.3 is 24.6 Å². The molecule has 0 aromatic heterocycles. The Bertz CT molecular complexity index is 1220. The Morgan fingerprint density at radius 1 is 1.03 bits per heavy atom. The van der Waals surface area contributed by atoms with E-state index in [0.29, 0.717) is 47.8 Å². The SMILES string of the molecule is COc1ccc(C2CC(=O)C3=C(C2)NC(C)=C(C(=O)OCC(C)C)C3c2ccc(O)cc2)cc1OC. The Morgan fingerprint density at radius 3 is 2.33 bits per heavy atom. The fourth-order valence-electron chi connectivity index (χ4n) is 4.97. The molecule has 2 aliphatic rings. The minimum Gasteiger partial charge on any atom is -0.508 e. The van der Waals surface area contributed by atoms with Crippen molar-refractivity contribution in [3.05, 3.63) is 76.1 Å². The van der Waals surface area contributed by atoms with Crippen molar-refractivity contribution < 1.29 is 28.9 Å². The smallest absolute Gasteiger partial charge is 0.336 e. The van der Waals surface area contributed by atoms with Crippen LogP contribution in [0.1, 0.15) is 56.6 Å². The molecule has 1 heterocycles. The van der Waals surface area contributed by atoms with Gasteiger partial charge in [0.25, 0.3) is 0 Å². The highest BCUT2D eigenvalue weighted by molar-refractivity contribution is 6.04. The average Bonchev–Trinajstić information content (AvgIpc) is 2.86. The maximum atomic E-state index is 13.7. The molecule has 2 aromatic carbocycles. The topological polar surface area (TPSA) is 94.1 Å². The highest BCUT2D eigenvalue weighted by Crippen LogP contribution is 2.46. The first-order valence-electron chi connectivity index (χ1n) is 12.2. The summed E-state index contributed by atoms with van der Waals surface area (Å²) in [4.78, 5) is 26.9. The Balaban J connectivity index is 1.74.